The van der Waals surface area contributed by atoms with Crippen LogP contribution in [0.2, 0.25) is 0 Å². The molecule has 1 aromatic carbocycles. The SMILES string of the molecule is CC(=O)N[C@H](C)Cc1cn(C(=O)O)c2ccccc12. The van der Waals surface area contributed by atoms with E-state index in [1.54, 1.807) is 12.3 Å². The topological polar surface area (TPSA) is 71.3 Å². The van der Waals surface area contributed by atoms with E-state index < -0.39 is 6.09 Å². The second-order valence-corrected chi connectivity index (χ2v) is 4.63. The van der Waals surface area contributed by atoms with Crippen LogP contribution >= 0.6 is 0 Å². The summed E-state index contributed by atoms with van der Waals surface area (Å²) < 4.78 is 1.21. The third-order valence-electron chi connectivity index (χ3n) is 2.98. The van der Waals surface area contributed by atoms with Gasteiger partial charge in [0.2, 0.25) is 5.91 Å². The Hall–Kier alpha value is -2.30. The number of hydrogen-bond donors (Lipinski definition) is 2. The first-order chi connectivity index (χ1) is 8.99. The number of hydrogen-bond acceptors (Lipinski definition) is 2. The number of para-hydroxylation sites is 1. The number of benzene rings is 1. The highest BCUT2D eigenvalue weighted by molar-refractivity contribution is 5.91. The minimum absolute atomic E-state index is 0.0365. The molecule has 1 aromatic heterocycles. The molecule has 0 aliphatic heterocycles. The molecule has 2 rings (SSSR count). The van der Waals surface area contributed by atoms with Gasteiger partial charge in [-0.25, -0.2) is 4.79 Å². The maximum atomic E-state index is 11.2. The summed E-state index contributed by atoms with van der Waals surface area (Å²) in [6, 6.07) is 7.32. The first-order valence-electron chi connectivity index (χ1n) is 6.08. The van der Waals surface area contributed by atoms with Gasteiger partial charge in [0.1, 0.15) is 0 Å². The van der Waals surface area contributed by atoms with Crippen molar-refractivity contribution in [1.29, 1.82) is 0 Å². The van der Waals surface area contributed by atoms with Crippen LogP contribution in [-0.2, 0) is 11.2 Å². The van der Waals surface area contributed by atoms with Gasteiger partial charge >= 0.3 is 6.09 Å². The molecule has 5 heteroatoms. The van der Waals surface area contributed by atoms with Crippen LogP contribution in [0.3, 0.4) is 0 Å². The van der Waals surface area contributed by atoms with E-state index in [1.165, 1.54) is 11.5 Å². The number of aromatic nitrogens is 1. The lowest BCUT2D eigenvalue weighted by molar-refractivity contribution is -0.119. The van der Waals surface area contributed by atoms with Crippen LogP contribution in [0.1, 0.15) is 19.4 Å². The molecule has 1 atom stereocenters. The second-order valence-electron chi connectivity index (χ2n) is 4.63. The average molecular weight is 260 g/mol. The Kier molecular flexibility index (Phi) is 3.55. The molecular formula is C14H16N2O3. The van der Waals surface area contributed by atoms with E-state index in [0.717, 1.165) is 10.9 Å². The quantitative estimate of drug-likeness (QED) is 0.889. The van der Waals surface area contributed by atoms with E-state index in [1.807, 2.05) is 25.1 Å². The Balaban J connectivity index is 2.38. The fraction of sp³-hybridized carbons (Fsp3) is 0.286. The summed E-state index contributed by atoms with van der Waals surface area (Å²) >= 11 is 0. The Labute approximate surface area is 110 Å². The maximum absolute atomic E-state index is 11.2. The van der Waals surface area contributed by atoms with Crippen molar-refractivity contribution in [3.8, 4) is 0 Å². The molecule has 0 saturated carbocycles. The molecule has 100 valence electrons. The van der Waals surface area contributed by atoms with Gasteiger partial charge in [-0.2, -0.15) is 0 Å². The summed E-state index contributed by atoms with van der Waals surface area (Å²) in [6.07, 6.45) is 1.21. The van der Waals surface area contributed by atoms with E-state index in [9.17, 15) is 9.59 Å². The van der Waals surface area contributed by atoms with Gasteiger partial charge in [0.05, 0.1) is 5.52 Å². The molecule has 0 radical (unpaired) electrons. The van der Waals surface area contributed by atoms with Gasteiger partial charge in [0.15, 0.2) is 0 Å². The van der Waals surface area contributed by atoms with Gasteiger partial charge < -0.3 is 10.4 Å². The van der Waals surface area contributed by atoms with Gasteiger partial charge in [0.25, 0.3) is 0 Å². The van der Waals surface area contributed by atoms with Gasteiger partial charge in [-0.15, -0.1) is 0 Å². The lowest BCUT2D eigenvalue weighted by Gasteiger charge is -2.11. The number of fused-ring (bicyclic) bond motifs is 1. The highest BCUT2D eigenvalue weighted by Crippen LogP contribution is 2.22. The van der Waals surface area contributed by atoms with E-state index >= 15 is 0 Å². The highest BCUT2D eigenvalue weighted by atomic mass is 16.4. The van der Waals surface area contributed by atoms with Crippen LogP contribution in [0.5, 0.6) is 0 Å². The lowest BCUT2D eigenvalue weighted by Crippen LogP contribution is -2.31. The number of rotatable bonds is 3. The van der Waals surface area contributed by atoms with Crippen molar-refractivity contribution in [2.45, 2.75) is 26.3 Å². The Morgan fingerprint density at radius 1 is 1.37 bits per heavy atom. The minimum atomic E-state index is -1.00. The minimum Gasteiger partial charge on any atom is -0.464 e. The van der Waals surface area contributed by atoms with Gasteiger partial charge in [-0.1, -0.05) is 18.2 Å². The number of carbonyl (C=O) groups is 2. The standard InChI is InChI=1S/C14H16N2O3/c1-9(15-10(2)17)7-11-8-16(14(18)19)13-6-4-3-5-12(11)13/h3-6,8-9H,7H2,1-2H3,(H,15,17)(H,18,19)/t9-/m1/s1. The van der Waals surface area contributed by atoms with Crippen LogP contribution in [-0.4, -0.2) is 27.7 Å². The Morgan fingerprint density at radius 3 is 2.68 bits per heavy atom. The molecular weight excluding hydrogens is 244 g/mol. The molecule has 5 nitrogen and oxygen atoms in total. The Bertz CT molecular complexity index is 631. The highest BCUT2D eigenvalue weighted by Gasteiger charge is 2.14. The predicted octanol–water partition coefficient (Wildman–Crippen LogP) is 2.23. The molecule has 0 aliphatic rings. The predicted molar refractivity (Wildman–Crippen MR) is 72.3 cm³/mol. The van der Waals surface area contributed by atoms with Crippen molar-refractivity contribution in [2.24, 2.45) is 0 Å². The Morgan fingerprint density at radius 2 is 2.05 bits per heavy atom. The van der Waals surface area contributed by atoms with E-state index in [4.69, 9.17) is 5.11 Å². The van der Waals surface area contributed by atoms with Crippen molar-refractivity contribution in [3.05, 3.63) is 36.0 Å². The second kappa shape index (κ2) is 5.14. The number of carbonyl (C=O) groups excluding carboxylic acids is 1. The number of carboxylic acid groups (broad SMARTS) is 1. The molecule has 0 unspecified atom stereocenters. The molecule has 2 N–H and O–H groups in total. The fourth-order valence-electron chi connectivity index (χ4n) is 2.30. The molecule has 0 saturated heterocycles. The summed E-state index contributed by atoms with van der Waals surface area (Å²) in [5, 5.41) is 12.9. The molecule has 0 fully saturated rings. The molecule has 0 aliphatic carbocycles. The monoisotopic (exact) mass is 260 g/mol. The van der Waals surface area contributed by atoms with Crippen LogP contribution in [0.4, 0.5) is 4.79 Å². The fourth-order valence-corrected chi connectivity index (χ4v) is 2.30. The first kappa shape index (κ1) is 13.1. The molecule has 19 heavy (non-hydrogen) atoms. The van der Waals surface area contributed by atoms with Gasteiger partial charge in [0, 0.05) is 24.5 Å². The van der Waals surface area contributed by atoms with Crippen molar-refractivity contribution >= 4 is 22.9 Å². The normalized spacial score (nSPS) is 12.3. The average Bonchev–Trinajstić information content (AvgIpc) is 2.67. The third-order valence-corrected chi connectivity index (χ3v) is 2.98. The zero-order valence-electron chi connectivity index (χ0n) is 10.9. The maximum Gasteiger partial charge on any atom is 0.416 e. The van der Waals surface area contributed by atoms with E-state index in [2.05, 4.69) is 5.32 Å². The summed E-state index contributed by atoms with van der Waals surface area (Å²) in [6.45, 7) is 3.37. The van der Waals surface area contributed by atoms with Gasteiger partial charge in [-0.3, -0.25) is 9.36 Å². The van der Waals surface area contributed by atoms with Crippen LogP contribution in [0.25, 0.3) is 10.9 Å². The van der Waals surface area contributed by atoms with Gasteiger partial charge in [-0.05, 0) is 25.0 Å². The summed E-state index contributed by atoms with van der Waals surface area (Å²) in [7, 11) is 0. The number of nitrogens with zero attached hydrogens (tertiary/aromatic N) is 1. The summed E-state index contributed by atoms with van der Waals surface area (Å²) in [5.41, 5.74) is 1.58. The van der Waals surface area contributed by atoms with Crippen molar-refractivity contribution in [1.82, 2.24) is 9.88 Å². The number of amides is 1. The first-order valence-corrected chi connectivity index (χ1v) is 6.08. The molecule has 1 amide bonds. The van der Waals surface area contributed by atoms with Crippen LogP contribution < -0.4 is 5.32 Å². The van der Waals surface area contributed by atoms with Crippen molar-refractivity contribution in [2.75, 3.05) is 0 Å². The van der Waals surface area contributed by atoms with E-state index in [0.29, 0.717) is 11.9 Å². The molecule has 0 spiro atoms. The smallest absolute Gasteiger partial charge is 0.416 e. The number of nitrogens with one attached hydrogen (secondary N) is 1. The lowest BCUT2D eigenvalue weighted by atomic mass is 10.1. The van der Waals surface area contributed by atoms with Crippen LogP contribution in [0.15, 0.2) is 30.5 Å². The zero-order valence-corrected chi connectivity index (χ0v) is 10.9. The third kappa shape index (κ3) is 2.76. The van der Waals surface area contributed by atoms with E-state index in [-0.39, 0.29) is 11.9 Å². The molecule has 0 bridgehead atoms. The molecule has 1 heterocycles. The summed E-state index contributed by atoms with van der Waals surface area (Å²) in [5.74, 6) is -0.0885. The summed E-state index contributed by atoms with van der Waals surface area (Å²) in [4.78, 5) is 22.2. The van der Waals surface area contributed by atoms with Crippen molar-refractivity contribution < 1.29 is 14.7 Å². The molecule has 2 aromatic rings. The zero-order chi connectivity index (χ0) is 14.0. The largest absolute Gasteiger partial charge is 0.464 e. The van der Waals surface area contributed by atoms with Crippen LogP contribution in [0, 0.1) is 0 Å². The van der Waals surface area contributed by atoms with Crippen molar-refractivity contribution in [3.63, 3.8) is 0 Å².